The highest BCUT2D eigenvalue weighted by atomic mass is 32.2. The minimum atomic E-state index is -3.49. The molecule has 2 aromatic carbocycles. The second kappa shape index (κ2) is 9.27. The summed E-state index contributed by atoms with van der Waals surface area (Å²) in [5, 5.41) is 5.34. The van der Waals surface area contributed by atoms with Gasteiger partial charge in [-0.05, 0) is 19.1 Å². The quantitative estimate of drug-likeness (QED) is 0.616. The highest BCUT2D eigenvalue weighted by Crippen LogP contribution is 2.25. The van der Waals surface area contributed by atoms with Gasteiger partial charge in [-0.15, -0.1) is 11.3 Å². The first-order valence-electron chi connectivity index (χ1n) is 10.0. The van der Waals surface area contributed by atoms with Gasteiger partial charge in [0, 0.05) is 37.1 Å². The average molecular weight is 457 g/mol. The summed E-state index contributed by atoms with van der Waals surface area (Å²) in [6, 6.07) is 16.5. The van der Waals surface area contributed by atoms with Crippen LogP contribution in [-0.4, -0.2) is 61.2 Å². The van der Waals surface area contributed by atoms with Crippen molar-refractivity contribution in [2.45, 2.75) is 11.8 Å². The lowest BCUT2D eigenvalue weighted by molar-refractivity contribution is -0.117. The molecule has 0 bridgehead atoms. The number of carbonyl (C=O) groups excluding carboxylic acids is 1. The molecule has 0 radical (unpaired) electrons. The van der Waals surface area contributed by atoms with E-state index in [2.05, 4.69) is 10.3 Å². The molecular formula is C22H24N4O3S2. The van der Waals surface area contributed by atoms with Crippen molar-refractivity contribution in [1.29, 1.82) is 0 Å². The number of hydrogen-bond donors (Lipinski definition) is 1. The Kier molecular flexibility index (Phi) is 6.47. The Morgan fingerprint density at radius 3 is 2.39 bits per heavy atom. The Morgan fingerprint density at radius 1 is 1.03 bits per heavy atom. The zero-order valence-electron chi connectivity index (χ0n) is 17.2. The van der Waals surface area contributed by atoms with E-state index in [0.717, 1.165) is 11.3 Å². The molecule has 0 saturated carbocycles. The number of sulfonamides is 1. The summed E-state index contributed by atoms with van der Waals surface area (Å²) in [7, 11) is -3.49. The zero-order valence-corrected chi connectivity index (χ0v) is 18.8. The van der Waals surface area contributed by atoms with Gasteiger partial charge in [-0.25, -0.2) is 13.4 Å². The van der Waals surface area contributed by atoms with Gasteiger partial charge in [0.15, 0.2) is 5.13 Å². The van der Waals surface area contributed by atoms with E-state index in [1.165, 1.54) is 21.2 Å². The first-order valence-corrected chi connectivity index (χ1v) is 12.3. The van der Waals surface area contributed by atoms with E-state index in [0.29, 0.717) is 36.2 Å². The first kappa shape index (κ1) is 21.6. The molecule has 0 unspecified atom stereocenters. The Labute approximate surface area is 186 Å². The van der Waals surface area contributed by atoms with Crippen molar-refractivity contribution in [3.8, 4) is 11.3 Å². The van der Waals surface area contributed by atoms with E-state index >= 15 is 0 Å². The number of thiazole rings is 1. The molecule has 1 saturated heterocycles. The van der Waals surface area contributed by atoms with Gasteiger partial charge in [0.25, 0.3) is 0 Å². The van der Waals surface area contributed by atoms with Crippen LogP contribution in [-0.2, 0) is 14.8 Å². The van der Waals surface area contributed by atoms with Crippen molar-refractivity contribution >= 4 is 32.4 Å². The molecule has 1 fully saturated rings. The lowest BCUT2D eigenvalue weighted by Gasteiger charge is -2.33. The molecule has 7 nitrogen and oxygen atoms in total. The number of piperazine rings is 1. The zero-order chi connectivity index (χ0) is 21.8. The summed E-state index contributed by atoms with van der Waals surface area (Å²) >= 11 is 1.39. The van der Waals surface area contributed by atoms with Crippen molar-refractivity contribution in [2.75, 3.05) is 38.0 Å². The number of hydrogen-bond acceptors (Lipinski definition) is 6. The summed E-state index contributed by atoms with van der Waals surface area (Å²) in [4.78, 5) is 19.2. The fourth-order valence-corrected chi connectivity index (χ4v) is 5.60. The maximum Gasteiger partial charge on any atom is 0.243 e. The smallest absolute Gasteiger partial charge is 0.243 e. The fourth-order valence-electron chi connectivity index (χ4n) is 3.42. The summed E-state index contributed by atoms with van der Waals surface area (Å²) < 4.78 is 26.9. The number of nitrogens with zero attached hydrogens (tertiary/aromatic N) is 3. The fraction of sp³-hybridized carbons (Fsp3) is 0.273. The second-order valence-corrected chi connectivity index (χ2v) is 10.2. The predicted octanol–water partition coefficient (Wildman–Crippen LogP) is 3.06. The molecule has 1 N–H and O–H groups in total. The van der Waals surface area contributed by atoms with Gasteiger partial charge in [-0.1, -0.05) is 48.0 Å². The van der Waals surface area contributed by atoms with Crippen LogP contribution in [0.2, 0.25) is 0 Å². The van der Waals surface area contributed by atoms with Gasteiger partial charge in [0.2, 0.25) is 15.9 Å². The van der Waals surface area contributed by atoms with Crippen LogP contribution in [0.5, 0.6) is 0 Å². The van der Waals surface area contributed by atoms with Gasteiger partial charge in [-0.3, -0.25) is 9.69 Å². The number of rotatable bonds is 6. The molecule has 0 atom stereocenters. The Hall–Kier alpha value is -2.59. The van der Waals surface area contributed by atoms with E-state index in [-0.39, 0.29) is 12.5 Å². The third-order valence-corrected chi connectivity index (χ3v) is 7.85. The van der Waals surface area contributed by atoms with Crippen molar-refractivity contribution in [3.63, 3.8) is 0 Å². The molecule has 1 aliphatic rings. The van der Waals surface area contributed by atoms with Gasteiger partial charge >= 0.3 is 0 Å². The minimum absolute atomic E-state index is 0.149. The summed E-state index contributed by atoms with van der Waals surface area (Å²) in [5.41, 5.74) is 3.03. The van der Waals surface area contributed by atoms with Crippen LogP contribution in [0.25, 0.3) is 11.3 Å². The molecule has 9 heteroatoms. The monoisotopic (exact) mass is 456 g/mol. The Morgan fingerprint density at radius 2 is 1.71 bits per heavy atom. The van der Waals surface area contributed by atoms with Gasteiger partial charge < -0.3 is 5.32 Å². The summed E-state index contributed by atoms with van der Waals surface area (Å²) in [6.45, 7) is 3.97. The highest BCUT2D eigenvalue weighted by molar-refractivity contribution is 7.89. The van der Waals surface area contributed by atoms with E-state index in [1.54, 1.807) is 30.3 Å². The van der Waals surface area contributed by atoms with E-state index in [4.69, 9.17) is 0 Å². The van der Waals surface area contributed by atoms with E-state index in [9.17, 15) is 13.2 Å². The summed E-state index contributed by atoms with van der Waals surface area (Å²) in [6.07, 6.45) is 0. The van der Waals surface area contributed by atoms with Crippen molar-refractivity contribution < 1.29 is 13.2 Å². The van der Waals surface area contributed by atoms with Gasteiger partial charge in [0.05, 0.1) is 17.1 Å². The van der Waals surface area contributed by atoms with E-state index in [1.807, 2.05) is 41.5 Å². The Bertz CT molecular complexity index is 1140. The lowest BCUT2D eigenvalue weighted by Crippen LogP contribution is -2.50. The summed E-state index contributed by atoms with van der Waals surface area (Å²) in [5.74, 6) is -0.149. The number of amides is 1. The maximum atomic E-state index is 12.7. The first-order chi connectivity index (χ1) is 14.9. The third kappa shape index (κ3) is 5.19. The number of aromatic nitrogens is 1. The predicted molar refractivity (Wildman–Crippen MR) is 123 cm³/mol. The molecule has 1 aliphatic heterocycles. The van der Waals surface area contributed by atoms with Crippen molar-refractivity contribution in [2.24, 2.45) is 0 Å². The van der Waals surface area contributed by atoms with Crippen LogP contribution in [0.1, 0.15) is 5.56 Å². The lowest BCUT2D eigenvalue weighted by atomic mass is 10.1. The number of nitrogens with one attached hydrogen (secondary N) is 1. The third-order valence-electron chi connectivity index (χ3n) is 5.18. The van der Waals surface area contributed by atoms with Gasteiger partial charge in [0.1, 0.15) is 0 Å². The highest BCUT2D eigenvalue weighted by Gasteiger charge is 2.28. The molecular weight excluding hydrogens is 432 g/mol. The van der Waals surface area contributed by atoms with Crippen LogP contribution in [0.15, 0.2) is 64.9 Å². The van der Waals surface area contributed by atoms with Crippen LogP contribution in [0.3, 0.4) is 0 Å². The SMILES string of the molecule is Cc1ccc(-c2csc(NC(=O)CN3CCN(S(=O)(=O)c4ccccc4)CC3)n2)cc1. The normalized spacial score (nSPS) is 15.6. The second-order valence-electron chi connectivity index (χ2n) is 7.45. The molecule has 31 heavy (non-hydrogen) atoms. The standard InChI is InChI=1S/C22H24N4O3S2/c1-17-7-9-18(10-8-17)20-16-30-22(23-20)24-21(27)15-25-11-13-26(14-12-25)31(28,29)19-5-3-2-4-6-19/h2-10,16H,11-15H2,1H3,(H,23,24,27). The van der Waals surface area contributed by atoms with Crippen molar-refractivity contribution in [3.05, 3.63) is 65.5 Å². The molecule has 1 aromatic heterocycles. The minimum Gasteiger partial charge on any atom is -0.301 e. The molecule has 2 heterocycles. The van der Waals surface area contributed by atoms with Crippen LogP contribution in [0, 0.1) is 6.92 Å². The maximum absolute atomic E-state index is 12.7. The van der Waals surface area contributed by atoms with Crippen LogP contribution >= 0.6 is 11.3 Å². The van der Waals surface area contributed by atoms with E-state index < -0.39 is 10.0 Å². The molecule has 162 valence electrons. The van der Waals surface area contributed by atoms with Gasteiger partial charge in [-0.2, -0.15) is 4.31 Å². The number of benzene rings is 2. The number of carbonyl (C=O) groups is 1. The molecule has 0 aliphatic carbocycles. The van der Waals surface area contributed by atoms with Crippen LogP contribution < -0.4 is 5.32 Å². The topological polar surface area (TPSA) is 82.6 Å². The molecule has 0 spiro atoms. The number of aryl methyl sites for hydroxylation is 1. The molecule has 3 aromatic rings. The Balaban J connectivity index is 1.29. The number of anilines is 1. The molecule has 4 rings (SSSR count). The average Bonchev–Trinajstić information content (AvgIpc) is 3.23. The molecule has 1 amide bonds. The van der Waals surface area contributed by atoms with Crippen molar-refractivity contribution in [1.82, 2.24) is 14.2 Å². The largest absolute Gasteiger partial charge is 0.301 e. The van der Waals surface area contributed by atoms with Crippen LogP contribution in [0.4, 0.5) is 5.13 Å².